The summed E-state index contributed by atoms with van der Waals surface area (Å²) >= 11 is 0. The minimum absolute atomic E-state index is 0. The van der Waals surface area contributed by atoms with Crippen molar-refractivity contribution in [2.45, 2.75) is 20.3 Å². The van der Waals surface area contributed by atoms with Crippen molar-refractivity contribution in [2.75, 3.05) is 0 Å². The molecule has 0 spiro atoms. The standard InChI is InChI=1S/C17H13N.C15H16N.Ir/c1-2-7-14(8-3-1)15-9-6-10-16(13-15)17-11-4-5-12-18-17;1-12(2)11-14-9-6-10-15(16-14)13-7-4-3-5-8-13;/h1-13H;3-7,9-10,12H,11H2,1-2H3;/q;-1;. The fraction of sp³-hybridized carbons (Fsp3) is 0.125. The maximum absolute atomic E-state index is 4.65. The Morgan fingerprint density at radius 3 is 2.06 bits per heavy atom. The zero-order valence-corrected chi connectivity index (χ0v) is 22.5. The monoisotopic (exact) mass is 634 g/mol. The third-order valence-corrected chi connectivity index (χ3v) is 5.34. The molecule has 2 nitrogen and oxygen atoms in total. The third-order valence-electron chi connectivity index (χ3n) is 5.34. The number of hydrogen-bond donors (Lipinski definition) is 0. The molecule has 3 aromatic carbocycles. The fourth-order valence-corrected chi connectivity index (χ4v) is 3.74. The van der Waals surface area contributed by atoms with Crippen LogP contribution < -0.4 is 0 Å². The molecule has 5 rings (SSSR count). The largest absolute Gasteiger partial charge is 0.301 e. The van der Waals surface area contributed by atoms with Gasteiger partial charge in [0.1, 0.15) is 0 Å². The molecule has 0 aliphatic rings. The SMILES string of the molecule is CC(C)Cc1cccc(-c2[c-]cccc2)n1.[Ir].c1ccc(-c2cccc(-c3ccccn3)c2)cc1. The van der Waals surface area contributed by atoms with Crippen molar-refractivity contribution in [3.63, 3.8) is 0 Å². The molecular weight excluding hydrogens is 605 g/mol. The molecule has 3 heteroatoms. The van der Waals surface area contributed by atoms with Gasteiger partial charge in [0.25, 0.3) is 0 Å². The van der Waals surface area contributed by atoms with Crippen molar-refractivity contribution in [3.8, 4) is 33.6 Å². The van der Waals surface area contributed by atoms with E-state index >= 15 is 0 Å². The Kier molecular flexibility index (Phi) is 10.1. The normalized spacial score (nSPS) is 10.1. The summed E-state index contributed by atoms with van der Waals surface area (Å²) in [5.74, 6) is 0.641. The molecule has 35 heavy (non-hydrogen) atoms. The Morgan fingerprint density at radius 2 is 1.34 bits per heavy atom. The summed E-state index contributed by atoms with van der Waals surface area (Å²) in [7, 11) is 0. The van der Waals surface area contributed by atoms with E-state index < -0.39 is 0 Å². The number of nitrogens with zero attached hydrogens (tertiary/aromatic N) is 2. The molecule has 2 heterocycles. The number of rotatable bonds is 5. The second kappa shape index (κ2) is 13.5. The Balaban J connectivity index is 0.000000192. The van der Waals surface area contributed by atoms with Gasteiger partial charge in [-0.05, 0) is 53.4 Å². The molecule has 177 valence electrons. The molecule has 0 saturated heterocycles. The van der Waals surface area contributed by atoms with Gasteiger partial charge in [0.15, 0.2) is 0 Å². The smallest absolute Gasteiger partial charge is 0.0702 e. The molecule has 0 amide bonds. The second-order valence-corrected chi connectivity index (χ2v) is 8.55. The molecule has 0 fully saturated rings. The van der Waals surface area contributed by atoms with Crippen molar-refractivity contribution >= 4 is 0 Å². The van der Waals surface area contributed by atoms with Gasteiger partial charge in [-0.1, -0.05) is 80.6 Å². The average molecular weight is 634 g/mol. The minimum Gasteiger partial charge on any atom is -0.301 e. The predicted octanol–water partition coefficient (Wildman–Crippen LogP) is 8.16. The van der Waals surface area contributed by atoms with Crippen molar-refractivity contribution < 1.29 is 20.1 Å². The summed E-state index contributed by atoms with van der Waals surface area (Å²) in [5, 5.41) is 0. The van der Waals surface area contributed by atoms with Crippen LogP contribution in [-0.2, 0) is 26.5 Å². The molecule has 0 aliphatic heterocycles. The van der Waals surface area contributed by atoms with E-state index in [2.05, 4.69) is 90.5 Å². The number of pyridine rings is 2. The van der Waals surface area contributed by atoms with Gasteiger partial charge in [0.05, 0.1) is 5.69 Å². The van der Waals surface area contributed by atoms with Crippen LogP contribution in [0.25, 0.3) is 33.6 Å². The van der Waals surface area contributed by atoms with Crippen LogP contribution in [-0.4, -0.2) is 9.97 Å². The predicted molar refractivity (Wildman–Crippen MR) is 142 cm³/mol. The molecule has 2 aromatic heterocycles. The van der Waals surface area contributed by atoms with Crippen LogP contribution in [0.4, 0.5) is 0 Å². The van der Waals surface area contributed by atoms with E-state index in [1.165, 1.54) is 11.1 Å². The molecule has 1 radical (unpaired) electrons. The van der Waals surface area contributed by atoms with E-state index in [1.54, 1.807) is 0 Å². The van der Waals surface area contributed by atoms with Crippen LogP contribution in [0.5, 0.6) is 0 Å². The molecular formula is C32H29IrN2-. The van der Waals surface area contributed by atoms with Gasteiger partial charge < -0.3 is 4.98 Å². The number of hydrogen-bond acceptors (Lipinski definition) is 2. The second-order valence-electron chi connectivity index (χ2n) is 8.55. The van der Waals surface area contributed by atoms with Crippen LogP contribution in [0.2, 0.25) is 0 Å². The summed E-state index contributed by atoms with van der Waals surface area (Å²) in [5.41, 5.74) is 7.85. The summed E-state index contributed by atoms with van der Waals surface area (Å²) < 4.78 is 0. The van der Waals surface area contributed by atoms with Gasteiger partial charge >= 0.3 is 0 Å². The average Bonchev–Trinajstić information content (AvgIpc) is 2.90. The maximum Gasteiger partial charge on any atom is 0.0702 e. The topological polar surface area (TPSA) is 25.8 Å². The van der Waals surface area contributed by atoms with Crippen LogP contribution in [0, 0.1) is 12.0 Å². The molecule has 0 atom stereocenters. The first-order valence-corrected chi connectivity index (χ1v) is 11.7. The Bertz CT molecular complexity index is 1230. The molecule has 0 bridgehead atoms. The van der Waals surface area contributed by atoms with Crippen molar-refractivity contribution in [3.05, 3.63) is 133 Å². The summed E-state index contributed by atoms with van der Waals surface area (Å²) in [6.07, 6.45) is 2.85. The van der Waals surface area contributed by atoms with E-state index in [9.17, 15) is 0 Å². The van der Waals surface area contributed by atoms with E-state index in [1.807, 2.05) is 60.8 Å². The van der Waals surface area contributed by atoms with E-state index in [0.717, 1.165) is 34.6 Å². The zero-order chi connectivity index (χ0) is 23.6. The van der Waals surface area contributed by atoms with Crippen LogP contribution in [0.1, 0.15) is 19.5 Å². The molecule has 0 N–H and O–H groups in total. The van der Waals surface area contributed by atoms with E-state index in [0.29, 0.717) is 5.92 Å². The first kappa shape index (κ1) is 26.2. The first-order valence-electron chi connectivity index (χ1n) is 11.7. The quantitative estimate of drug-likeness (QED) is 0.183. The van der Waals surface area contributed by atoms with Gasteiger partial charge in [-0.2, -0.15) is 0 Å². The molecule has 0 saturated carbocycles. The van der Waals surface area contributed by atoms with E-state index in [-0.39, 0.29) is 20.1 Å². The maximum atomic E-state index is 4.65. The van der Waals surface area contributed by atoms with Crippen molar-refractivity contribution in [2.24, 2.45) is 5.92 Å². The Labute approximate surface area is 222 Å². The molecule has 5 aromatic rings. The van der Waals surface area contributed by atoms with E-state index in [4.69, 9.17) is 0 Å². The molecule has 0 unspecified atom stereocenters. The van der Waals surface area contributed by atoms with Crippen LogP contribution in [0.3, 0.4) is 0 Å². The number of aromatic nitrogens is 2. The first-order chi connectivity index (χ1) is 16.7. The van der Waals surface area contributed by atoms with Gasteiger partial charge in [-0.3, -0.25) is 4.98 Å². The zero-order valence-electron chi connectivity index (χ0n) is 20.1. The summed E-state index contributed by atoms with van der Waals surface area (Å²) in [6, 6.07) is 42.2. The summed E-state index contributed by atoms with van der Waals surface area (Å²) in [4.78, 5) is 9.04. The third kappa shape index (κ3) is 7.82. The minimum atomic E-state index is 0. The van der Waals surface area contributed by atoms with Crippen molar-refractivity contribution in [1.82, 2.24) is 9.97 Å². The van der Waals surface area contributed by atoms with Gasteiger partial charge in [-0.15, -0.1) is 35.9 Å². The van der Waals surface area contributed by atoms with Crippen LogP contribution in [0.15, 0.2) is 121 Å². The van der Waals surface area contributed by atoms with Gasteiger partial charge in [0.2, 0.25) is 0 Å². The number of benzene rings is 3. The Hall–Kier alpha value is -3.39. The Morgan fingerprint density at radius 1 is 0.657 bits per heavy atom. The van der Waals surface area contributed by atoms with Gasteiger partial charge in [-0.25, -0.2) is 0 Å². The van der Waals surface area contributed by atoms with Gasteiger partial charge in [0, 0.05) is 37.6 Å². The van der Waals surface area contributed by atoms with Crippen molar-refractivity contribution in [1.29, 1.82) is 0 Å². The summed E-state index contributed by atoms with van der Waals surface area (Å²) in [6.45, 7) is 4.42. The van der Waals surface area contributed by atoms with Crippen LogP contribution >= 0.6 is 0 Å². The molecule has 0 aliphatic carbocycles. The fourth-order valence-electron chi connectivity index (χ4n) is 3.74.